The highest BCUT2D eigenvalue weighted by molar-refractivity contribution is 7.13. The molecular weight excluding hydrogens is 196 g/mol. The lowest BCUT2D eigenvalue weighted by Crippen LogP contribution is -2.18. The number of thiazole rings is 1. The fourth-order valence-corrected chi connectivity index (χ4v) is 1.97. The van der Waals surface area contributed by atoms with E-state index in [4.69, 9.17) is 4.74 Å². The van der Waals surface area contributed by atoms with Gasteiger partial charge in [-0.2, -0.15) is 0 Å². The lowest BCUT2D eigenvalue weighted by molar-refractivity contribution is 0.411. The number of hydrogen-bond donors (Lipinski definition) is 1. The Morgan fingerprint density at radius 2 is 2.21 bits per heavy atom. The summed E-state index contributed by atoms with van der Waals surface area (Å²) in [6.07, 6.45) is 0. The summed E-state index contributed by atoms with van der Waals surface area (Å²) in [4.78, 5) is 5.55. The van der Waals surface area contributed by atoms with Crippen molar-refractivity contribution in [3.05, 3.63) is 10.6 Å². The molecule has 0 saturated heterocycles. The summed E-state index contributed by atoms with van der Waals surface area (Å²) in [5.74, 6) is 0.685. The fraction of sp³-hybridized carbons (Fsp3) is 0.700. The number of methoxy groups -OCH3 is 1. The van der Waals surface area contributed by atoms with Crippen LogP contribution in [-0.2, 0) is 6.54 Å². The van der Waals surface area contributed by atoms with Crippen molar-refractivity contribution < 1.29 is 4.74 Å². The highest BCUT2D eigenvalue weighted by Gasteiger charge is 2.06. The van der Waals surface area contributed by atoms with E-state index in [9.17, 15) is 0 Å². The smallest absolute Gasteiger partial charge is 0.273 e. The number of nitrogens with one attached hydrogen (secondary N) is 1. The molecule has 1 aromatic heterocycles. The van der Waals surface area contributed by atoms with Crippen molar-refractivity contribution in [1.82, 2.24) is 10.3 Å². The molecule has 3 nitrogen and oxygen atoms in total. The van der Waals surface area contributed by atoms with Gasteiger partial charge in [0.1, 0.15) is 0 Å². The average molecular weight is 214 g/mol. The van der Waals surface area contributed by atoms with Crippen LogP contribution < -0.4 is 10.1 Å². The third-order valence-electron chi connectivity index (χ3n) is 1.89. The molecule has 0 amide bonds. The van der Waals surface area contributed by atoms with E-state index in [0.29, 0.717) is 5.92 Å². The maximum absolute atomic E-state index is 5.08. The first kappa shape index (κ1) is 11.5. The number of ether oxygens (including phenoxy) is 1. The molecule has 1 N–H and O–H groups in total. The van der Waals surface area contributed by atoms with E-state index >= 15 is 0 Å². The minimum absolute atomic E-state index is 0.685. The van der Waals surface area contributed by atoms with Gasteiger partial charge in [0.2, 0.25) is 0 Å². The summed E-state index contributed by atoms with van der Waals surface area (Å²) in [6, 6.07) is 0. The predicted molar refractivity (Wildman–Crippen MR) is 59.9 cm³/mol. The molecule has 0 aliphatic carbocycles. The van der Waals surface area contributed by atoms with Gasteiger partial charge in [0.05, 0.1) is 12.8 Å². The zero-order chi connectivity index (χ0) is 10.6. The van der Waals surface area contributed by atoms with E-state index in [2.05, 4.69) is 24.1 Å². The standard InChI is InChI=1S/C10H18N2OS/c1-7(2)5-11-6-9-8(3)12-10(13-4)14-9/h7,11H,5-6H2,1-4H3. The number of nitrogens with zero attached hydrogens (tertiary/aromatic N) is 1. The molecule has 0 aliphatic rings. The molecule has 0 aliphatic heterocycles. The topological polar surface area (TPSA) is 34.1 Å². The molecule has 80 valence electrons. The Balaban J connectivity index is 2.45. The lowest BCUT2D eigenvalue weighted by atomic mass is 10.2. The molecule has 0 saturated carbocycles. The van der Waals surface area contributed by atoms with Gasteiger partial charge in [0, 0.05) is 11.4 Å². The van der Waals surface area contributed by atoms with Gasteiger partial charge in [-0.15, -0.1) is 0 Å². The van der Waals surface area contributed by atoms with Crippen LogP contribution in [0.15, 0.2) is 0 Å². The molecule has 0 unspecified atom stereocenters. The fourth-order valence-electron chi connectivity index (χ4n) is 1.13. The van der Waals surface area contributed by atoms with Crippen LogP contribution in [-0.4, -0.2) is 18.6 Å². The largest absolute Gasteiger partial charge is 0.473 e. The molecule has 0 spiro atoms. The summed E-state index contributed by atoms with van der Waals surface area (Å²) in [7, 11) is 1.66. The molecule has 0 atom stereocenters. The van der Waals surface area contributed by atoms with Crippen molar-refractivity contribution in [2.75, 3.05) is 13.7 Å². The predicted octanol–water partition coefficient (Wildman–Crippen LogP) is 2.21. The molecule has 4 heteroatoms. The van der Waals surface area contributed by atoms with Crippen molar-refractivity contribution >= 4 is 11.3 Å². The zero-order valence-corrected chi connectivity index (χ0v) is 10.1. The van der Waals surface area contributed by atoms with Crippen LogP contribution in [0.2, 0.25) is 0 Å². The van der Waals surface area contributed by atoms with Crippen LogP contribution in [0.1, 0.15) is 24.4 Å². The van der Waals surface area contributed by atoms with Crippen LogP contribution in [0.3, 0.4) is 0 Å². The monoisotopic (exact) mass is 214 g/mol. The highest BCUT2D eigenvalue weighted by Crippen LogP contribution is 2.23. The first-order valence-corrected chi connectivity index (χ1v) is 5.66. The quantitative estimate of drug-likeness (QED) is 0.816. The Bertz CT molecular complexity index is 284. The van der Waals surface area contributed by atoms with E-state index in [1.165, 1.54) is 4.88 Å². The van der Waals surface area contributed by atoms with Gasteiger partial charge in [-0.1, -0.05) is 25.2 Å². The zero-order valence-electron chi connectivity index (χ0n) is 9.26. The molecule has 0 bridgehead atoms. The first-order chi connectivity index (χ1) is 6.63. The summed E-state index contributed by atoms with van der Waals surface area (Å²) in [5.41, 5.74) is 1.07. The summed E-state index contributed by atoms with van der Waals surface area (Å²) in [5, 5.41) is 4.15. The Hall–Kier alpha value is -0.610. The Morgan fingerprint density at radius 1 is 1.50 bits per heavy atom. The van der Waals surface area contributed by atoms with E-state index < -0.39 is 0 Å². The maximum atomic E-state index is 5.08. The van der Waals surface area contributed by atoms with Crippen molar-refractivity contribution in [2.24, 2.45) is 5.92 Å². The third-order valence-corrected chi connectivity index (χ3v) is 3.00. The van der Waals surface area contributed by atoms with Crippen molar-refractivity contribution in [2.45, 2.75) is 27.3 Å². The number of aryl methyl sites for hydroxylation is 1. The van der Waals surface area contributed by atoms with Gasteiger partial charge in [-0.25, -0.2) is 4.98 Å². The van der Waals surface area contributed by atoms with Gasteiger partial charge in [0.15, 0.2) is 0 Å². The SMILES string of the molecule is COc1nc(C)c(CNCC(C)C)s1. The minimum atomic E-state index is 0.685. The van der Waals surface area contributed by atoms with E-state index in [1.54, 1.807) is 18.4 Å². The van der Waals surface area contributed by atoms with Crippen LogP contribution in [0, 0.1) is 12.8 Å². The third kappa shape index (κ3) is 3.27. The van der Waals surface area contributed by atoms with Crippen molar-refractivity contribution in [3.8, 4) is 5.19 Å². The summed E-state index contributed by atoms with van der Waals surface area (Å²) >= 11 is 1.62. The van der Waals surface area contributed by atoms with Gasteiger partial charge < -0.3 is 10.1 Å². The van der Waals surface area contributed by atoms with E-state index in [1.807, 2.05) is 6.92 Å². The molecule has 1 heterocycles. The normalized spacial score (nSPS) is 10.9. The van der Waals surface area contributed by atoms with Gasteiger partial charge in [-0.05, 0) is 19.4 Å². The van der Waals surface area contributed by atoms with Crippen molar-refractivity contribution in [3.63, 3.8) is 0 Å². The Kier molecular flexibility index (Phi) is 4.35. The molecule has 0 fully saturated rings. The van der Waals surface area contributed by atoms with Gasteiger partial charge in [0.25, 0.3) is 5.19 Å². The number of rotatable bonds is 5. The van der Waals surface area contributed by atoms with E-state index in [0.717, 1.165) is 24.0 Å². The summed E-state index contributed by atoms with van der Waals surface area (Å²) in [6.45, 7) is 8.36. The van der Waals surface area contributed by atoms with Crippen LogP contribution in [0.5, 0.6) is 5.19 Å². The van der Waals surface area contributed by atoms with Crippen LogP contribution in [0.4, 0.5) is 0 Å². The number of hydrogen-bond acceptors (Lipinski definition) is 4. The molecular formula is C10H18N2OS. The first-order valence-electron chi connectivity index (χ1n) is 4.84. The molecule has 1 aromatic rings. The average Bonchev–Trinajstić information content (AvgIpc) is 2.47. The second-order valence-corrected chi connectivity index (χ2v) is 4.76. The Labute approximate surface area is 89.5 Å². The number of aromatic nitrogens is 1. The second kappa shape index (κ2) is 5.32. The van der Waals surface area contributed by atoms with Gasteiger partial charge in [-0.3, -0.25) is 0 Å². The minimum Gasteiger partial charge on any atom is -0.473 e. The lowest BCUT2D eigenvalue weighted by Gasteiger charge is -2.05. The molecule has 0 aromatic carbocycles. The van der Waals surface area contributed by atoms with Gasteiger partial charge >= 0.3 is 0 Å². The Morgan fingerprint density at radius 3 is 2.71 bits per heavy atom. The molecule has 14 heavy (non-hydrogen) atoms. The molecule has 1 rings (SSSR count). The maximum Gasteiger partial charge on any atom is 0.273 e. The van der Waals surface area contributed by atoms with Crippen LogP contribution in [0.25, 0.3) is 0 Å². The van der Waals surface area contributed by atoms with Crippen LogP contribution >= 0.6 is 11.3 Å². The van der Waals surface area contributed by atoms with Crippen molar-refractivity contribution in [1.29, 1.82) is 0 Å². The van der Waals surface area contributed by atoms with E-state index in [-0.39, 0.29) is 0 Å². The highest BCUT2D eigenvalue weighted by atomic mass is 32.1. The molecule has 0 radical (unpaired) electrons. The second-order valence-electron chi connectivity index (χ2n) is 3.72. The summed E-state index contributed by atoms with van der Waals surface area (Å²) < 4.78 is 5.08.